The molecule has 0 saturated heterocycles. The fraction of sp³-hybridized carbons (Fsp3) is 0.353. The van der Waals surface area contributed by atoms with Crippen LogP contribution in [0.1, 0.15) is 25.3 Å². The molecule has 1 unspecified atom stereocenters. The third kappa shape index (κ3) is 4.89. The van der Waals surface area contributed by atoms with Crippen molar-refractivity contribution in [3.05, 3.63) is 34.8 Å². The Hall–Kier alpha value is -1.88. The van der Waals surface area contributed by atoms with E-state index in [0.717, 1.165) is 15.2 Å². The number of hydrogen-bond acceptors (Lipinski definition) is 7. The average Bonchev–Trinajstić information content (AvgIpc) is 3.20. The molecular weight excluding hydrogens is 404 g/mol. The Balaban J connectivity index is 1.84. The summed E-state index contributed by atoms with van der Waals surface area (Å²) >= 11 is 2.71. The number of anilines is 1. The number of carbonyl (C=O) groups is 1. The second-order valence-electron chi connectivity index (χ2n) is 6.49. The van der Waals surface area contributed by atoms with E-state index in [1.54, 1.807) is 23.7 Å². The van der Waals surface area contributed by atoms with Crippen LogP contribution in [0.15, 0.2) is 34.7 Å². The average molecular weight is 425 g/mol. The number of sulfonamides is 1. The molecule has 0 bridgehead atoms. The van der Waals surface area contributed by atoms with E-state index < -0.39 is 22.0 Å². The first kappa shape index (κ1) is 19.9. The number of benzene rings is 1. The molecule has 7 nitrogen and oxygen atoms in total. The Morgan fingerprint density at radius 2 is 2.07 bits per heavy atom. The van der Waals surface area contributed by atoms with Crippen molar-refractivity contribution in [1.82, 2.24) is 14.7 Å². The highest BCUT2D eigenvalue weighted by atomic mass is 32.2. The molecule has 1 aromatic carbocycles. The number of fused-ring (bicyclic) bond motifs is 1. The second-order valence-corrected chi connectivity index (χ2v) is 10.3. The molecule has 3 aromatic rings. The molecule has 0 aliphatic heterocycles. The lowest BCUT2D eigenvalue weighted by Gasteiger charge is -2.19. The highest BCUT2D eigenvalue weighted by Crippen LogP contribution is 2.25. The van der Waals surface area contributed by atoms with Gasteiger partial charge in [-0.25, -0.2) is 18.4 Å². The van der Waals surface area contributed by atoms with Gasteiger partial charge < -0.3 is 5.32 Å². The Labute approximate surface area is 165 Å². The zero-order chi connectivity index (χ0) is 19.6. The SMILES string of the molecule is Cc1nc2ccc(S(=O)(=O)NC(CC(C)C)C(=O)Nc3nccs3)cc2s1. The van der Waals surface area contributed by atoms with Gasteiger partial charge in [-0.15, -0.1) is 22.7 Å². The molecule has 0 saturated carbocycles. The zero-order valence-corrected chi connectivity index (χ0v) is 17.5. The van der Waals surface area contributed by atoms with E-state index in [0.29, 0.717) is 11.6 Å². The topological polar surface area (TPSA) is 101 Å². The van der Waals surface area contributed by atoms with Gasteiger partial charge in [-0.1, -0.05) is 13.8 Å². The number of nitrogens with one attached hydrogen (secondary N) is 2. The van der Waals surface area contributed by atoms with Crippen LogP contribution in [0.2, 0.25) is 0 Å². The van der Waals surface area contributed by atoms with Crippen molar-refractivity contribution in [2.45, 2.75) is 38.1 Å². The monoisotopic (exact) mass is 424 g/mol. The molecule has 144 valence electrons. The minimum absolute atomic E-state index is 0.120. The van der Waals surface area contributed by atoms with Crippen LogP contribution in [0.4, 0.5) is 5.13 Å². The number of aryl methyl sites for hydroxylation is 1. The molecule has 0 spiro atoms. The Kier molecular flexibility index (Phi) is 5.89. The molecule has 10 heteroatoms. The molecule has 2 N–H and O–H groups in total. The molecule has 1 amide bonds. The van der Waals surface area contributed by atoms with E-state index in [1.165, 1.54) is 28.7 Å². The Bertz CT molecular complexity index is 1040. The lowest BCUT2D eigenvalue weighted by Crippen LogP contribution is -2.44. The first-order valence-electron chi connectivity index (χ1n) is 8.34. The molecule has 0 radical (unpaired) electrons. The summed E-state index contributed by atoms with van der Waals surface area (Å²) in [6.07, 6.45) is 1.95. The number of thiazole rings is 2. The lowest BCUT2D eigenvalue weighted by atomic mass is 10.0. The number of hydrogen-bond donors (Lipinski definition) is 2. The van der Waals surface area contributed by atoms with Crippen molar-refractivity contribution < 1.29 is 13.2 Å². The summed E-state index contributed by atoms with van der Waals surface area (Å²) in [5.41, 5.74) is 0.761. The molecule has 0 fully saturated rings. The van der Waals surface area contributed by atoms with Crippen LogP contribution in [0.5, 0.6) is 0 Å². The molecule has 3 rings (SSSR count). The van der Waals surface area contributed by atoms with Gasteiger partial charge in [0.15, 0.2) is 5.13 Å². The summed E-state index contributed by atoms with van der Waals surface area (Å²) in [5.74, 6) is -0.289. The molecular formula is C17H20N4O3S3. The third-order valence-electron chi connectivity index (χ3n) is 3.76. The summed E-state index contributed by atoms with van der Waals surface area (Å²) in [6, 6.07) is 3.89. The van der Waals surface area contributed by atoms with E-state index in [1.807, 2.05) is 20.8 Å². The van der Waals surface area contributed by atoms with Crippen LogP contribution < -0.4 is 10.0 Å². The maximum absolute atomic E-state index is 12.9. The van der Waals surface area contributed by atoms with Crippen molar-refractivity contribution in [2.75, 3.05) is 5.32 Å². The molecule has 0 aliphatic rings. The Morgan fingerprint density at radius 3 is 2.74 bits per heavy atom. The first-order chi connectivity index (χ1) is 12.7. The summed E-state index contributed by atoms with van der Waals surface area (Å²) in [5, 5.41) is 5.72. The number of amides is 1. The molecule has 0 aliphatic carbocycles. The number of rotatable bonds is 7. The minimum atomic E-state index is -3.86. The zero-order valence-electron chi connectivity index (χ0n) is 15.1. The van der Waals surface area contributed by atoms with Gasteiger partial charge in [-0.05, 0) is 37.5 Å². The smallest absolute Gasteiger partial charge is 0.244 e. The summed E-state index contributed by atoms with van der Waals surface area (Å²) in [4.78, 5) is 21.1. The minimum Gasteiger partial charge on any atom is -0.301 e. The van der Waals surface area contributed by atoms with Crippen LogP contribution in [0, 0.1) is 12.8 Å². The molecule has 27 heavy (non-hydrogen) atoms. The van der Waals surface area contributed by atoms with Crippen molar-refractivity contribution in [1.29, 1.82) is 0 Å². The van der Waals surface area contributed by atoms with E-state index in [2.05, 4.69) is 20.0 Å². The van der Waals surface area contributed by atoms with Crippen LogP contribution in [0.25, 0.3) is 10.2 Å². The van der Waals surface area contributed by atoms with Gasteiger partial charge in [0.05, 0.1) is 20.1 Å². The quantitative estimate of drug-likeness (QED) is 0.605. The highest BCUT2D eigenvalue weighted by Gasteiger charge is 2.27. The van der Waals surface area contributed by atoms with E-state index in [-0.39, 0.29) is 10.8 Å². The van der Waals surface area contributed by atoms with E-state index >= 15 is 0 Å². The summed E-state index contributed by atoms with van der Waals surface area (Å²) in [6.45, 7) is 5.74. The van der Waals surface area contributed by atoms with Gasteiger partial charge >= 0.3 is 0 Å². The molecule has 2 aromatic heterocycles. The van der Waals surface area contributed by atoms with Gasteiger partial charge in [0.2, 0.25) is 15.9 Å². The van der Waals surface area contributed by atoms with Crippen molar-refractivity contribution in [3.8, 4) is 0 Å². The highest BCUT2D eigenvalue weighted by molar-refractivity contribution is 7.89. The fourth-order valence-corrected chi connectivity index (χ4v) is 5.31. The summed E-state index contributed by atoms with van der Waals surface area (Å²) in [7, 11) is -3.86. The lowest BCUT2D eigenvalue weighted by molar-refractivity contribution is -0.118. The Morgan fingerprint density at radius 1 is 1.30 bits per heavy atom. The summed E-state index contributed by atoms with van der Waals surface area (Å²) < 4.78 is 29.1. The third-order valence-corrected chi connectivity index (χ3v) is 6.85. The van der Waals surface area contributed by atoms with Crippen molar-refractivity contribution in [3.63, 3.8) is 0 Å². The van der Waals surface area contributed by atoms with Gasteiger partial charge in [0.1, 0.15) is 6.04 Å². The van der Waals surface area contributed by atoms with Crippen LogP contribution in [-0.2, 0) is 14.8 Å². The number of nitrogens with zero attached hydrogens (tertiary/aromatic N) is 2. The largest absolute Gasteiger partial charge is 0.301 e. The van der Waals surface area contributed by atoms with Crippen LogP contribution >= 0.6 is 22.7 Å². The molecule has 1 atom stereocenters. The van der Waals surface area contributed by atoms with Crippen LogP contribution in [-0.4, -0.2) is 30.3 Å². The maximum atomic E-state index is 12.9. The van der Waals surface area contributed by atoms with Gasteiger partial charge in [-0.2, -0.15) is 4.72 Å². The predicted octanol–water partition coefficient (Wildman–Crippen LogP) is 3.39. The van der Waals surface area contributed by atoms with E-state index in [4.69, 9.17) is 0 Å². The van der Waals surface area contributed by atoms with E-state index in [9.17, 15) is 13.2 Å². The first-order valence-corrected chi connectivity index (χ1v) is 11.5. The maximum Gasteiger partial charge on any atom is 0.244 e. The fourth-order valence-electron chi connectivity index (χ4n) is 2.60. The van der Waals surface area contributed by atoms with Crippen molar-refractivity contribution in [2.24, 2.45) is 5.92 Å². The molecule has 2 heterocycles. The normalized spacial score (nSPS) is 13.2. The van der Waals surface area contributed by atoms with Crippen LogP contribution in [0.3, 0.4) is 0 Å². The number of carbonyl (C=O) groups excluding carboxylic acids is 1. The predicted molar refractivity (Wildman–Crippen MR) is 109 cm³/mol. The van der Waals surface area contributed by atoms with Gasteiger partial charge in [0, 0.05) is 11.6 Å². The second kappa shape index (κ2) is 8.01. The number of aromatic nitrogens is 2. The van der Waals surface area contributed by atoms with Gasteiger partial charge in [0.25, 0.3) is 0 Å². The van der Waals surface area contributed by atoms with Crippen molar-refractivity contribution >= 4 is 54.0 Å². The standard InChI is InChI=1S/C17H20N4O3S3/c1-10(2)8-14(16(22)20-17-18-6-7-25-17)21-27(23,24)12-4-5-13-15(9-12)26-11(3)19-13/h4-7,9-10,14,21H,8H2,1-3H3,(H,18,20,22). The van der Waals surface area contributed by atoms with Gasteiger partial charge in [-0.3, -0.25) is 4.79 Å².